The first kappa shape index (κ1) is 13.7. The third-order valence-electron chi connectivity index (χ3n) is 2.42. The van der Waals surface area contributed by atoms with E-state index in [1.165, 1.54) is 24.4 Å². The number of aromatic amines is 1. The number of amides is 1. The lowest BCUT2D eigenvalue weighted by Crippen LogP contribution is -2.14. The van der Waals surface area contributed by atoms with Crippen LogP contribution in [0.25, 0.3) is 0 Å². The van der Waals surface area contributed by atoms with E-state index in [-0.39, 0.29) is 27.1 Å². The predicted octanol–water partition coefficient (Wildman–Crippen LogP) is 2.20. The molecule has 0 saturated carbocycles. The molecule has 1 aromatic heterocycles. The van der Waals surface area contributed by atoms with Crippen LogP contribution in [0.3, 0.4) is 0 Å². The van der Waals surface area contributed by atoms with Gasteiger partial charge in [-0.1, -0.05) is 6.07 Å². The van der Waals surface area contributed by atoms with Crippen LogP contribution in [0.4, 0.5) is 11.5 Å². The van der Waals surface area contributed by atoms with Crippen LogP contribution in [0, 0.1) is 21.4 Å². The van der Waals surface area contributed by atoms with Gasteiger partial charge in [0, 0.05) is 6.07 Å². The fourth-order valence-electron chi connectivity index (χ4n) is 1.48. The molecule has 1 heterocycles. The van der Waals surface area contributed by atoms with Crippen LogP contribution in [0.1, 0.15) is 15.9 Å². The van der Waals surface area contributed by atoms with Gasteiger partial charge < -0.3 is 5.32 Å². The van der Waals surface area contributed by atoms with Crippen LogP contribution in [-0.4, -0.2) is 21.0 Å². The van der Waals surface area contributed by atoms with Gasteiger partial charge in [0.05, 0.1) is 16.7 Å². The molecule has 2 N–H and O–H groups in total. The number of nitro groups is 1. The lowest BCUT2D eigenvalue weighted by atomic mass is 10.2. The molecule has 1 aromatic carbocycles. The van der Waals surface area contributed by atoms with E-state index in [2.05, 4.69) is 31.4 Å². The highest BCUT2D eigenvalue weighted by Gasteiger charge is 2.20. The van der Waals surface area contributed by atoms with Gasteiger partial charge in [-0.15, -0.1) is 0 Å². The van der Waals surface area contributed by atoms with Crippen LogP contribution in [-0.2, 0) is 0 Å². The Morgan fingerprint density at radius 2 is 2.30 bits per heavy atom. The van der Waals surface area contributed by atoms with E-state index in [0.717, 1.165) is 0 Å². The summed E-state index contributed by atoms with van der Waals surface area (Å²) in [5, 5.41) is 28.1. The maximum Gasteiger partial charge on any atom is 0.284 e. The van der Waals surface area contributed by atoms with Gasteiger partial charge in [0.2, 0.25) is 0 Å². The summed E-state index contributed by atoms with van der Waals surface area (Å²) in [7, 11) is 0. The van der Waals surface area contributed by atoms with Crippen molar-refractivity contribution in [2.24, 2.45) is 0 Å². The Bertz CT molecular complexity index is 734. The summed E-state index contributed by atoms with van der Waals surface area (Å²) in [5.74, 6) is -0.461. The second-order valence-corrected chi connectivity index (χ2v) is 4.41. The number of nitro benzene ring substituents is 1. The average Bonchev–Trinajstić information content (AvgIpc) is 2.85. The Kier molecular flexibility index (Phi) is 3.76. The summed E-state index contributed by atoms with van der Waals surface area (Å²) in [4.78, 5) is 22.3. The van der Waals surface area contributed by atoms with Gasteiger partial charge in [-0.3, -0.25) is 20.0 Å². The molecule has 0 saturated heterocycles. The van der Waals surface area contributed by atoms with Gasteiger partial charge in [-0.05, 0) is 22.0 Å². The van der Waals surface area contributed by atoms with E-state index >= 15 is 0 Å². The molecule has 0 bridgehead atoms. The van der Waals surface area contributed by atoms with Crippen molar-refractivity contribution in [1.82, 2.24) is 10.2 Å². The minimum atomic E-state index is -0.599. The maximum atomic E-state index is 12.1. The largest absolute Gasteiger partial charge is 0.306 e. The number of benzene rings is 1. The van der Waals surface area contributed by atoms with Crippen molar-refractivity contribution in [3.8, 4) is 6.07 Å². The molecule has 20 heavy (non-hydrogen) atoms. The summed E-state index contributed by atoms with van der Waals surface area (Å²) in [5.41, 5.74) is 0.0281. The van der Waals surface area contributed by atoms with E-state index < -0.39 is 10.8 Å². The fraction of sp³-hybridized carbons (Fsp3) is 0. The summed E-state index contributed by atoms with van der Waals surface area (Å²) < 4.78 is 0.0699. The first-order chi connectivity index (χ1) is 9.54. The number of anilines is 1. The zero-order chi connectivity index (χ0) is 14.7. The van der Waals surface area contributed by atoms with Crippen molar-refractivity contribution in [2.45, 2.75) is 0 Å². The van der Waals surface area contributed by atoms with Gasteiger partial charge in [0.25, 0.3) is 11.6 Å². The number of aromatic nitrogens is 2. The predicted molar refractivity (Wildman–Crippen MR) is 72.1 cm³/mol. The summed E-state index contributed by atoms with van der Waals surface area (Å²) >= 11 is 3.03. The molecular formula is C11H6BrN5O3. The molecule has 0 unspecified atom stereocenters. The van der Waals surface area contributed by atoms with Crippen LogP contribution < -0.4 is 5.32 Å². The molecule has 0 aliphatic rings. The van der Waals surface area contributed by atoms with E-state index in [9.17, 15) is 14.9 Å². The zero-order valence-corrected chi connectivity index (χ0v) is 11.3. The number of halogens is 1. The smallest absolute Gasteiger partial charge is 0.284 e. The number of nitriles is 1. The second kappa shape index (κ2) is 5.50. The number of carbonyl (C=O) groups excluding carboxylic acids is 1. The Hall–Kier alpha value is -2.73. The molecule has 0 radical (unpaired) electrons. The van der Waals surface area contributed by atoms with Crippen molar-refractivity contribution < 1.29 is 9.72 Å². The van der Waals surface area contributed by atoms with E-state index in [4.69, 9.17) is 5.26 Å². The summed E-state index contributed by atoms with van der Waals surface area (Å²) in [6.45, 7) is 0. The zero-order valence-electron chi connectivity index (χ0n) is 9.75. The first-order valence-electron chi connectivity index (χ1n) is 5.22. The Balaban J connectivity index is 2.33. The number of rotatable bonds is 3. The molecule has 100 valence electrons. The van der Waals surface area contributed by atoms with Gasteiger partial charge in [-0.25, -0.2) is 0 Å². The Labute approximate surface area is 120 Å². The molecule has 1 amide bonds. The quantitative estimate of drug-likeness (QED) is 0.657. The van der Waals surface area contributed by atoms with Crippen molar-refractivity contribution >= 4 is 33.3 Å². The van der Waals surface area contributed by atoms with Gasteiger partial charge >= 0.3 is 0 Å². The van der Waals surface area contributed by atoms with Crippen LogP contribution in [0.15, 0.2) is 28.9 Å². The number of H-pyrrole nitrogens is 1. The third-order valence-corrected chi connectivity index (χ3v) is 3.25. The topological polar surface area (TPSA) is 125 Å². The van der Waals surface area contributed by atoms with Crippen LogP contribution in [0.2, 0.25) is 0 Å². The standard InChI is InChI=1S/C11H6BrN5O3/c12-9-7(2-1-3-8(9)17(19)20)11(18)15-10-6(4-13)5-14-16-10/h1-3,5H,(H2,14,15,16,18). The average molecular weight is 336 g/mol. The van der Waals surface area contributed by atoms with E-state index in [1.54, 1.807) is 0 Å². The van der Waals surface area contributed by atoms with E-state index in [1.807, 2.05) is 6.07 Å². The highest BCUT2D eigenvalue weighted by Crippen LogP contribution is 2.28. The summed E-state index contributed by atoms with van der Waals surface area (Å²) in [6.07, 6.45) is 1.26. The van der Waals surface area contributed by atoms with Gasteiger partial charge in [0.15, 0.2) is 0 Å². The van der Waals surface area contributed by atoms with Gasteiger partial charge in [-0.2, -0.15) is 10.4 Å². The van der Waals surface area contributed by atoms with Crippen molar-refractivity contribution in [3.05, 3.63) is 50.1 Å². The van der Waals surface area contributed by atoms with E-state index in [0.29, 0.717) is 0 Å². The molecule has 0 spiro atoms. The number of hydrogen-bond acceptors (Lipinski definition) is 5. The third kappa shape index (κ3) is 2.50. The number of carbonyl (C=O) groups is 1. The SMILES string of the molecule is N#Cc1cn[nH]c1NC(=O)c1cccc([N+](=O)[O-])c1Br. The molecule has 0 aliphatic carbocycles. The van der Waals surface area contributed by atoms with Gasteiger partial charge in [0.1, 0.15) is 21.9 Å². The Morgan fingerprint density at radius 1 is 1.55 bits per heavy atom. The minimum absolute atomic E-state index is 0.0699. The molecule has 2 aromatic rings. The number of nitrogens with one attached hydrogen (secondary N) is 2. The molecule has 0 aliphatic heterocycles. The monoisotopic (exact) mass is 335 g/mol. The van der Waals surface area contributed by atoms with Crippen LogP contribution in [0.5, 0.6) is 0 Å². The molecule has 0 fully saturated rings. The van der Waals surface area contributed by atoms with Crippen molar-refractivity contribution in [2.75, 3.05) is 5.32 Å². The molecule has 2 rings (SSSR count). The molecular weight excluding hydrogens is 330 g/mol. The lowest BCUT2D eigenvalue weighted by Gasteiger charge is -2.05. The highest BCUT2D eigenvalue weighted by atomic mass is 79.9. The number of nitrogens with zero attached hydrogens (tertiary/aromatic N) is 3. The van der Waals surface area contributed by atoms with Crippen molar-refractivity contribution in [3.63, 3.8) is 0 Å². The first-order valence-corrected chi connectivity index (χ1v) is 6.01. The Morgan fingerprint density at radius 3 is 2.95 bits per heavy atom. The lowest BCUT2D eigenvalue weighted by molar-refractivity contribution is -0.385. The summed E-state index contributed by atoms with van der Waals surface area (Å²) in [6, 6.07) is 5.95. The fourth-order valence-corrected chi connectivity index (χ4v) is 2.07. The normalized spacial score (nSPS) is 9.80. The maximum absolute atomic E-state index is 12.1. The number of hydrogen-bond donors (Lipinski definition) is 2. The van der Waals surface area contributed by atoms with Crippen molar-refractivity contribution in [1.29, 1.82) is 5.26 Å². The molecule has 9 heteroatoms. The molecule has 8 nitrogen and oxygen atoms in total. The second-order valence-electron chi connectivity index (χ2n) is 3.62. The molecule has 0 atom stereocenters. The highest BCUT2D eigenvalue weighted by molar-refractivity contribution is 9.10. The minimum Gasteiger partial charge on any atom is -0.306 e. The van der Waals surface area contributed by atoms with Crippen LogP contribution >= 0.6 is 15.9 Å².